The number of β-amino-alcohol motifs (C(OH)–C–C–N with tert-alkyl or cyclic N) is 1. The summed E-state index contributed by atoms with van der Waals surface area (Å²) < 4.78 is 26.0. The number of aliphatic hydroxyl groups is 1. The Balaban J connectivity index is 2.19. The van der Waals surface area contributed by atoms with Gasteiger partial charge in [-0.2, -0.15) is 4.31 Å². The van der Waals surface area contributed by atoms with Crippen LogP contribution in [0.2, 0.25) is 0 Å². The summed E-state index contributed by atoms with van der Waals surface area (Å²) in [7, 11) is -3.61. The van der Waals surface area contributed by atoms with Crippen LogP contribution < -0.4 is 0 Å². The summed E-state index contributed by atoms with van der Waals surface area (Å²) in [4.78, 5) is 10.7. The van der Waals surface area contributed by atoms with E-state index in [0.29, 0.717) is 24.9 Å². The summed E-state index contributed by atoms with van der Waals surface area (Å²) in [6, 6.07) is 5.83. The molecule has 0 radical (unpaired) electrons. The van der Waals surface area contributed by atoms with Gasteiger partial charge in [-0.25, -0.2) is 8.42 Å². The Morgan fingerprint density at radius 2 is 1.95 bits per heavy atom. The molecule has 1 saturated heterocycles. The van der Waals surface area contributed by atoms with Gasteiger partial charge >= 0.3 is 5.97 Å². The van der Waals surface area contributed by atoms with E-state index < -0.39 is 22.1 Å². The minimum atomic E-state index is -3.61. The van der Waals surface area contributed by atoms with E-state index in [9.17, 15) is 18.3 Å². The fraction of sp³-hybridized carbons (Fsp3) is 0.462. The molecule has 1 fully saturated rings. The fourth-order valence-corrected chi connectivity index (χ4v) is 3.76. The van der Waals surface area contributed by atoms with Gasteiger partial charge in [-0.05, 0) is 30.5 Å². The number of hydrogen-bond donors (Lipinski definition) is 2. The van der Waals surface area contributed by atoms with Gasteiger partial charge in [-0.15, -0.1) is 0 Å². The predicted molar refractivity (Wildman–Crippen MR) is 71.8 cm³/mol. The van der Waals surface area contributed by atoms with E-state index in [0.717, 1.165) is 0 Å². The number of aliphatic hydroxyl groups excluding tert-OH is 1. The van der Waals surface area contributed by atoms with Crippen LogP contribution in [0.1, 0.15) is 18.4 Å². The first kappa shape index (κ1) is 15.0. The Bertz CT molecular complexity index is 581. The van der Waals surface area contributed by atoms with Gasteiger partial charge in [0.25, 0.3) is 0 Å². The van der Waals surface area contributed by atoms with Crippen molar-refractivity contribution in [2.75, 3.05) is 13.1 Å². The minimum Gasteiger partial charge on any atom is -0.481 e. The van der Waals surface area contributed by atoms with Gasteiger partial charge in [0.2, 0.25) is 10.0 Å². The molecule has 0 unspecified atom stereocenters. The van der Waals surface area contributed by atoms with Crippen molar-refractivity contribution >= 4 is 16.0 Å². The zero-order valence-corrected chi connectivity index (χ0v) is 11.7. The highest BCUT2D eigenvalue weighted by molar-refractivity contribution is 7.89. The molecule has 0 amide bonds. The zero-order valence-electron chi connectivity index (χ0n) is 10.9. The van der Waals surface area contributed by atoms with E-state index in [-0.39, 0.29) is 17.9 Å². The Labute approximate surface area is 117 Å². The topological polar surface area (TPSA) is 94.9 Å². The maximum atomic E-state index is 12.4. The van der Waals surface area contributed by atoms with Crippen molar-refractivity contribution in [3.63, 3.8) is 0 Å². The molecule has 1 aliphatic heterocycles. The number of rotatable bonds is 4. The third-order valence-electron chi connectivity index (χ3n) is 3.28. The van der Waals surface area contributed by atoms with Crippen molar-refractivity contribution < 1.29 is 23.4 Å². The quantitative estimate of drug-likeness (QED) is 0.842. The van der Waals surface area contributed by atoms with Crippen molar-refractivity contribution in [3.8, 4) is 0 Å². The van der Waals surface area contributed by atoms with E-state index in [2.05, 4.69) is 0 Å². The maximum absolute atomic E-state index is 12.4. The van der Waals surface area contributed by atoms with E-state index in [1.807, 2.05) is 0 Å². The summed E-state index contributed by atoms with van der Waals surface area (Å²) >= 11 is 0. The molecule has 1 heterocycles. The molecule has 1 aromatic carbocycles. The fourth-order valence-electron chi connectivity index (χ4n) is 2.24. The zero-order chi connectivity index (χ0) is 14.8. The van der Waals surface area contributed by atoms with Crippen molar-refractivity contribution in [2.45, 2.75) is 30.3 Å². The number of carboxylic acids is 1. The molecule has 6 nitrogen and oxygen atoms in total. The number of aliphatic carboxylic acids is 1. The van der Waals surface area contributed by atoms with Gasteiger partial charge in [0.15, 0.2) is 0 Å². The Morgan fingerprint density at radius 1 is 1.30 bits per heavy atom. The van der Waals surface area contributed by atoms with Crippen LogP contribution in [-0.2, 0) is 21.2 Å². The molecule has 1 aliphatic rings. The maximum Gasteiger partial charge on any atom is 0.307 e. The molecule has 0 saturated carbocycles. The van der Waals surface area contributed by atoms with Crippen LogP contribution in [0.25, 0.3) is 0 Å². The van der Waals surface area contributed by atoms with E-state index >= 15 is 0 Å². The van der Waals surface area contributed by atoms with Crippen LogP contribution in [0.3, 0.4) is 0 Å². The molecular weight excluding hydrogens is 282 g/mol. The highest BCUT2D eigenvalue weighted by atomic mass is 32.2. The summed E-state index contributed by atoms with van der Waals surface area (Å²) in [5.74, 6) is -0.959. The van der Waals surface area contributed by atoms with Gasteiger partial charge in [0, 0.05) is 13.1 Å². The summed E-state index contributed by atoms with van der Waals surface area (Å²) in [5.41, 5.74) is 0.551. The summed E-state index contributed by atoms with van der Waals surface area (Å²) in [6.45, 7) is 0.509. The van der Waals surface area contributed by atoms with Gasteiger partial charge in [-0.3, -0.25) is 4.79 Å². The van der Waals surface area contributed by atoms with Crippen molar-refractivity contribution in [1.29, 1.82) is 0 Å². The normalized spacial score (nSPS) is 20.8. The molecule has 1 atom stereocenters. The second-order valence-corrected chi connectivity index (χ2v) is 6.81. The van der Waals surface area contributed by atoms with Crippen molar-refractivity contribution in [3.05, 3.63) is 29.8 Å². The molecule has 0 bridgehead atoms. The number of piperidine rings is 1. The summed E-state index contributed by atoms with van der Waals surface area (Å²) in [6.07, 6.45) is 0.494. The second kappa shape index (κ2) is 5.90. The van der Waals surface area contributed by atoms with E-state index in [1.165, 1.54) is 28.6 Å². The first-order valence-corrected chi connectivity index (χ1v) is 7.82. The molecule has 0 spiro atoms. The number of nitrogens with zero attached hydrogens (tertiary/aromatic N) is 1. The lowest BCUT2D eigenvalue weighted by Crippen LogP contribution is -2.42. The molecule has 2 rings (SSSR count). The average molecular weight is 299 g/mol. The first-order chi connectivity index (χ1) is 9.39. The number of sulfonamides is 1. The van der Waals surface area contributed by atoms with Crippen LogP contribution in [0.5, 0.6) is 0 Å². The number of benzene rings is 1. The number of hydrogen-bond acceptors (Lipinski definition) is 4. The van der Waals surface area contributed by atoms with Gasteiger partial charge in [0.05, 0.1) is 17.4 Å². The lowest BCUT2D eigenvalue weighted by Gasteiger charge is -2.29. The standard InChI is InChI=1S/C13H17NO5S/c15-11-2-1-7-14(9-11)20(18,19)12-5-3-10(4-6-12)8-13(16)17/h3-6,11,15H,1-2,7-9H2,(H,16,17)/t11-/m0/s1. The largest absolute Gasteiger partial charge is 0.481 e. The highest BCUT2D eigenvalue weighted by Gasteiger charge is 2.29. The van der Waals surface area contributed by atoms with Crippen LogP contribution in [0, 0.1) is 0 Å². The van der Waals surface area contributed by atoms with Crippen molar-refractivity contribution in [2.24, 2.45) is 0 Å². The van der Waals surface area contributed by atoms with E-state index in [1.54, 1.807) is 0 Å². The minimum absolute atomic E-state index is 0.110. The number of carboxylic acid groups (broad SMARTS) is 1. The lowest BCUT2D eigenvalue weighted by molar-refractivity contribution is -0.136. The van der Waals surface area contributed by atoms with Crippen molar-refractivity contribution in [1.82, 2.24) is 4.31 Å². The molecule has 1 aromatic rings. The van der Waals surface area contributed by atoms with Crippen LogP contribution in [0.4, 0.5) is 0 Å². The third-order valence-corrected chi connectivity index (χ3v) is 5.16. The molecule has 20 heavy (non-hydrogen) atoms. The van der Waals surface area contributed by atoms with Gasteiger partial charge in [-0.1, -0.05) is 12.1 Å². The Kier molecular flexibility index (Phi) is 4.42. The first-order valence-electron chi connectivity index (χ1n) is 6.38. The van der Waals surface area contributed by atoms with Crippen LogP contribution in [-0.4, -0.2) is 48.1 Å². The van der Waals surface area contributed by atoms with Crippen LogP contribution in [0.15, 0.2) is 29.2 Å². The second-order valence-electron chi connectivity index (χ2n) is 4.87. The average Bonchev–Trinajstić information content (AvgIpc) is 2.38. The Morgan fingerprint density at radius 3 is 2.50 bits per heavy atom. The smallest absolute Gasteiger partial charge is 0.307 e. The SMILES string of the molecule is O=C(O)Cc1ccc(S(=O)(=O)N2CCC[C@H](O)C2)cc1. The summed E-state index contributed by atoms with van der Waals surface area (Å²) in [5, 5.41) is 18.2. The molecule has 0 aromatic heterocycles. The molecule has 2 N–H and O–H groups in total. The van der Waals surface area contributed by atoms with Crippen LogP contribution >= 0.6 is 0 Å². The van der Waals surface area contributed by atoms with E-state index in [4.69, 9.17) is 5.11 Å². The predicted octanol–water partition coefficient (Wildman–Crippen LogP) is 0.459. The van der Waals surface area contributed by atoms with Gasteiger partial charge in [0.1, 0.15) is 0 Å². The van der Waals surface area contributed by atoms with Gasteiger partial charge < -0.3 is 10.2 Å². The Hall–Kier alpha value is -1.44. The molecule has 0 aliphatic carbocycles. The highest BCUT2D eigenvalue weighted by Crippen LogP contribution is 2.21. The molecule has 110 valence electrons. The number of carbonyl (C=O) groups is 1. The monoisotopic (exact) mass is 299 g/mol. The molecule has 7 heteroatoms. The third kappa shape index (κ3) is 3.36. The molecular formula is C13H17NO5S. The lowest BCUT2D eigenvalue weighted by atomic mass is 10.1.